The molecule has 49 heavy (non-hydrogen) atoms. The van der Waals surface area contributed by atoms with Crippen molar-refractivity contribution in [1.82, 2.24) is 9.80 Å². The molecule has 3 heterocycles. The third-order valence-electron chi connectivity index (χ3n) is 8.85. The van der Waals surface area contributed by atoms with Crippen LogP contribution in [0.4, 0.5) is 10.5 Å². The summed E-state index contributed by atoms with van der Waals surface area (Å²) in [5.41, 5.74) is 3.75. The number of barbiturate groups is 1. The minimum absolute atomic E-state index is 0.0527. The number of carboxylic acid groups (broad SMARTS) is 1. The van der Waals surface area contributed by atoms with Crippen molar-refractivity contribution in [2.45, 2.75) is 86.1 Å². The number of benzene rings is 1. The van der Waals surface area contributed by atoms with Gasteiger partial charge in [0, 0.05) is 54.4 Å². The van der Waals surface area contributed by atoms with E-state index in [0.29, 0.717) is 36.3 Å². The van der Waals surface area contributed by atoms with E-state index >= 15 is 0 Å². The fourth-order valence-corrected chi connectivity index (χ4v) is 6.90. The molecule has 4 amide bonds. The maximum Gasteiger partial charge on any atom is 0.333 e. The summed E-state index contributed by atoms with van der Waals surface area (Å²) in [6.45, 7) is 14.9. The molecule has 2 N–H and O–H groups in total. The Kier molecular flexibility index (Phi) is 11.0. The number of carbonyl (C=O) groups is 4. The number of hydrogen-bond acceptors (Lipinski definition) is 8. The molecule has 12 nitrogen and oxygen atoms in total. The van der Waals surface area contributed by atoms with Gasteiger partial charge in [-0.2, -0.15) is 8.42 Å². The van der Waals surface area contributed by atoms with Crippen LogP contribution in [0.5, 0.6) is 5.75 Å². The first-order valence-corrected chi connectivity index (χ1v) is 18.2. The van der Waals surface area contributed by atoms with E-state index in [1.54, 1.807) is 6.08 Å². The van der Waals surface area contributed by atoms with E-state index in [1.165, 1.54) is 6.08 Å². The zero-order valence-corrected chi connectivity index (χ0v) is 30.1. The summed E-state index contributed by atoms with van der Waals surface area (Å²) in [5, 5.41) is 8.93. The molecule has 4 rings (SSSR count). The minimum atomic E-state index is -4.35. The summed E-state index contributed by atoms with van der Waals surface area (Å²) in [5.74, 6) is -1.98. The van der Waals surface area contributed by atoms with Crippen LogP contribution in [0.15, 0.2) is 47.8 Å². The smallest absolute Gasteiger partial charge is 0.333 e. The first kappa shape index (κ1) is 37.6. The number of ether oxygens (including phenoxy) is 1. The number of rotatable bonds is 12. The maximum absolute atomic E-state index is 13.7. The quantitative estimate of drug-likeness (QED) is 0.114. The summed E-state index contributed by atoms with van der Waals surface area (Å²) in [6, 6.07) is 3.19. The van der Waals surface area contributed by atoms with Gasteiger partial charge < -0.3 is 14.7 Å². The SMILES string of the molecule is CCN1c2cc3c(cc2C(C)=CC1(C)C)C(=CC=C1C(=O)N(CCCCCC(=O)O)C(=O)N(CCCS(=O)(=O)O)C1=O)C=C(C(C)(C)C)O3. The highest BCUT2D eigenvalue weighted by molar-refractivity contribution is 7.85. The van der Waals surface area contributed by atoms with Gasteiger partial charge in [-0.05, 0) is 76.3 Å². The zero-order valence-electron chi connectivity index (χ0n) is 29.3. The zero-order chi connectivity index (χ0) is 36.5. The van der Waals surface area contributed by atoms with Gasteiger partial charge in [0.25, 0.3) is 21.9 Å². The number of carbonyl (C=O) groups excluding carboxylic acids is 3. The number of aliphatic carboxylic acids is 1. The summed E-state index contributed by atoms with van der Waals surface area (Å²) < 4.78 is 38.4. The van der Waals surface area contributed by atoms with E-state index in [0.717, 1.165) is 38.7 Å². The average Bonchev–Trinajstić information content (AvgIpc) is 2.97. The molecule has 13 heteroatoms. The molecule has 0 spiro atoms. The highest BCUT2D eigenvalue weighted by Gasteiger charge is 2.41. The number of fused-ring (bicyclic) bond motifs is 2. The number of carboxylic acids is 1. The molecule has 1 saturated heterocycles. The van der Waals surface area contributed by atoms with Crippen LogP contribution in [0.25, 0.3) is 11.1 Å². The Bertz CT molecular complexity index is 1780. The van der Waals surface area contributed by atoms with E-state index < -0.39 is 39.7 Å². The van der Waals surface area contributed by atoms with Gasteiger partial charge in [-0.3, -0.25) is 28.7 Å². The molecular weight excluding hydrogens is 650 g/mol. The lowest BCUT2D eigenvalue weighted by Crippen LogP contribution is -2.56. The fraction of sp³-hybridized carbons (Fsp3) is 0.500. The van der Waals surface area contributed by atoms with E-state index in [1.807, 2.05) is 39.0 Å². The highest BCUT2D eigenvalue weighted by Crippen LogP contribution is 2.47. The van der Waals surface area contributed by atoms with Crippen molar-refractivity contribution in [2.24, 2.45) is 5.41 Å². The van der Waals surface area contributed by atoms with Crippen LogP contribution in [-0.2, 0) is 24.5 Å². The third-order valence-corrected chi connectivity index (χ3v) is 9.66. The normalized spacial score (nSPS) is 19.5. The Morgan fingerprint density at radius 2 is 1.59 bits per heavy atom. The van der Waals surface area contributed by atoms with Gasteiger partial charge in [-0.1, -0.05) is 39.3 Å². The van der Waals surface area contributed by atoms with Crippen LogP contribution in [0, 0.1) is 5.41 Å². The Morgan fingerprint density at radius 1 is 0.959 bits per heavy atom. The number of nitrogens with zero attached hydrogens (tertiary/aromatic N) is 3. The molecule has 0 atom stereocenters. The first-order chi connectivity index (χ1) is 22.7. The van der Waals surface area contributed by atoms with Crippen molar-refractivity contribution >= 4 is 50.8 Å². The molecule has 3 aliphatic rings. The summed E-state index contributed by atoms with van der Waals surface area (Å²) >= 11 is 0. The van der Waals surface area contributed by atoms with Gasteiger partial charge in [0.05, 0.1) is 11.3 Å². The Hall–Kier alpha value is -4.23. The molecule has 266 valence electrons. The second-order valence-electron chi connectivity index (χ2n) is 14.2. The molecule has 0 aromatic heterocycles. The molecule has 1 aromatic rings. The molecule has 0 radical (unpaired) electrons. The van der Waals surface area contributed by atoms with Gasteiger partial charge in [0.1, 0.15) is 17.1 Å². The molecular formula is C36H47N3O9S. The lowest BCUT2D eigenvalue weighted by molar-refractivity contribution is -0.138. The molecule has 1 aromatic carbocycles. The molecule has 0 bridgehead atoms. The Morgan fingerprint density at radius 3 is 2.16 bits per heavy atom. The van der Waals surface area contributed by atoms with Crippen molar-refractivity contribution in [1.29, 1.82) is 0 Å². The monoisotopic (exact) mass is 697 g/mol. The predicted octanol–water partition coefficient (Wildman–Crippen LogP) is 6.05. The molecule has 1 fully saturated rings. The molecule has 0 saturated carbocycles. The van der Waals surface area contributed by atoms with Crippen LogP contribution in [0.2, 0.25) is 0 Å². The number of unbranched alkanes of at least 4 members (excludes halogenated alkanes) is 2. The van der Waals surface area contributed by atoms with Crippen molar-refractivity contribution < 1.29 is 42.0 Å². The number of anilines is 1. The standard InChI is InChI=1S/C36H47N3O9S/c1-8-39-28-21-29-27(20-26(28)23(2)22-36(39,6)7)24(19-30(48-29)35(3,4)5)14-15-25-32(42)37(16-11-9-10-13-31(40)41)34(44)38(33(25)43)17-12-18-49(45,46)47/h14-15,19-22H,8-13,16-18H2,1-7H3,(H,40,41)(H,45,46,47). The topological polar surface area (TPSA) is 162 Å². The Balaban J connectivity index is 1.78. The van der Waals surface area contributed by atoms with Crippen LogP contribution in [0.1, 0.15) is 91.7 Å². The number of hydrogen-bond donors (Lipinski definition) is 2. The van der Waals surface area contributed by atoms with Crippen LogP contribution in [0.3, 0.4) is 0 Å². The second kappa shape index (κ2) is 14.3. The van der Waals surface area contributed by atoms with Crippen molar-refractivity contribution in [3.05, 3.63) is 58.9 Å². The lowest BCUT2D eigenvalue weighted by Gasteiger charge is -2.43. The van der Waals surface area contributed by atoms with Crippen molar-refractivity contribution in [3.8, 4) is 5.75 Å². The second-order valence-corrected chi connectivity index (χ2v) is 15.8. The van der Waals surface area contributed by atoms with E-state index in [2.05, 4.69) is 38.7 Å². The summed E-state index contributed by atoms with van der Waals surface area (Å²) in [4.78, 5) is 55.6. The van der Waals surface area contributed by atoms with Gasteiger partial charge in [0.2, 0.25) is 0 Å². The van der Waals surface area contributed by atoms with Gasteiger partial charge in [-0.25, -0.2) is 4.79 Å². The molecule has 0 unspecified atom stereocenters. The fourth-order valence-electron chi connectivity index (χ4n) is 6.41. The average molecular weight is 698 g/mol. The number of urea groups is 1. The number of imide groups is 2. The van der Waals surface area contributed by atoms with Crippen molar-refractivity contribution in [2.75, 3.05) is 30.3 Å². The largest absolute Gasteiger partial charge is 0.481 e. The molecule has 3 aliphatic heterocycles. The van der Waals surface area contributed by atoms with E-state index in [9.17, 15) is 32.1 Å². The summed E-state index contributed by atoms with van der Waals surface area (Å²) in [7, 11) is -4.35. The number of amides is 4. The lowest BCUT2D eigenvalue weighted by atomic mass is 9.84. The predicted molar refractivity (Wildman–Crippen MR) is 187 cm³/mol. The first-order valence-electron chi connectivity index (χ1n) is 16.6. The highest BCUT2D eigenvalue weighted by atomic mass is 32.2. The third kappa shape index (κ3) is 8.50. The minimum Gasteiger partial charge on any atom is -0.481 e. The van der Waals surface area contributed by atoms with Gasteiger partial charge >= 0.3 is 12.0 Å². The number of allylic oxidation sites excluding steroid dienone is 6. The van der Waals surface area contributed by atoms with Gasteiger partial charge in [-0.15, -0.1) is 0 Å². The summed E-state index contributed by atoms with van der Waals surface area (Å²) in [6.07, 6.45) is 7.97. The molecule has 0 aliphatic carbocycles. The number of likely N-dealkylation sites (N-methyl/N-ethyl adjacent to an activating group) is 1. The van der Waals surface area contributed by atoms with Gasteiger partial charge in [0.15, 0.2) is 0 Å². The van der Waals surface area contributed by atoms with Crippen LogP contribution >= 0.6 is 0 Å². The van der Waals surface area contributed by atoms with Crippen LogP contribution < -0.4 is 9.64 Å². The Labute approximate surface area is 288 Å². The van der Waals surface area contributed by atoms with Crippen LogP contribution in [-0.4, -0.2) is 82.6 Å². The maximum atomic E-state index is 13.7. The van der Waals surface area contributed by atoms with Crippen molar-refractivity contribution in [3.63, 3.8) is 0 Å². The van der Waals surface area contributed by atoms with E-state index in [4.69, 9.17) is 9.84 Å². The van der Waals surface area contributed by atoms with E-state index in [-0.39, 0.29) is 42.5 Å².